The van der Waals surface area contributed by atoms with Gasteiger partial charge in [-0.3, -0.25) is 9.69 Å². The lowest BCUT2D eigenvalue weighted by Gasteiger charge is -2.33. The first-order valence-corrected chi connectivity index (χ1v) is 9.41. The Hall–Kier alpha value is -1.63. The Kier molecular flexibility index (Phi) is 5.71. The van der Waals surface area contributed by atoms with E-state index in [9.17, 15) is 4.79 Å². The number of aromatic amines is 1. The van der Waals surface area contributed by atoms with Crippen LogP contribution < -0.4 is 9.61 Å². The zero-order valence-corrected chi connectivity index (χ0v) is 15.2. The minimum atomic E-state index is 0.0149. The monoisotopic (exact) mass is 347 g/mol. The van der Waals surface area contributed by atoms with Crippen molar-refractivity contribution < 1.29 is 4.74 Å². The number of hydrogen-bond acceptors (Lipinski definition) is 5. The van der Waals surface area contributed by atoms with Crippen LogP contribution in [0.2, 0.25) is 0 Å². The number of ether oxygens (including phenoxy) is 1. The largest absolute Gasteiger partial charge is 0.494 e. The molecule has 5 nitrogen and oxygen atoms in total. The summed E-state index contributed by atoms with van der Waals surface area (Å²) in [6.45, 7) is 11.1. The van der Waals surface area contributed by atoms with Gasteiger partial charge in [-0.25, -0.2) is 0 Å². The fourth-order valence-electron chi connectivity index (χ4n) is 3.06. The molecule has 1 N–H and O–H groups in total. The van der Waals surface area contributed by atoms with E-state index in [2.05, 4.69) is 21.7 Å². The third kappa shape index (κ3) is 4.06. The van der Waals surface area contributed by atoms with Crippen molar-refractivity contribution in [3.63, 3.8) is 0 Å². The van der Waals surface area contributed by atoms with Crippen LogP contribution in [0.25, 0.3) is 11.3 Å². The summed E-state index contributed by atoms with van der Waals surface area (Å²) in [6.07, 6.45) is 0. The summed E-state index contributed by atoms with van der Waals surface area (Å²) in [5, 5.41) is 0. The molecule has 3 rings (SSSR count). The summed E-state index contributed by atoms with van der Waals surface area (Å²) in [4.78, 5) is 20.9. The van der Waals surface area contributed by atoms with E-state index in [1.165, 1.54) is 11.3 Å². The highest BCUT2D eigenvalue weighted by atomic mass is 32.1. The summed E-state index contributed by atoms with van der Waals surface area (Å²) >= 11 is 1.33. The van der Waals surface area contributed by atoms with E-state index in [1.54, 1.807) is 0 Å². The molecule has 1 fully saturated rings. The lowest BCUT2D eigenvalue weighted by Crippen LogP contribution is -2.45. The van der Waals surface area contributed by atoms with Crippen molar-refractivity contribution in [1.29, 1.82) is 0 Å². The van der Waals surface area contributed by atoms with Crippen LogP contribution in [-0.4, -0.2) is 54.1 Å². The van der Waals surface area contributed by atoms with Crippen molar-refractivity contribution in [2.45, 2.75) is 20.4 Å². The molecule has 0 atom stereocenters. The van der Waals surface area contributed by atoms with E-state index in [4.69, 9.17) is 4.74 Å². The molecule has 130 valence electrons. The van der Waals surface area contributed by atoms with Gasteiger partial charge < -0.3 is 14.6 Å². The number of nitrogens with zero attached hydrogens (tertiary/aromatic N) is 2. The summed E-state index contributed by atoms with van der Waals surface area (Å²) in [7, 11) is 0. The minimum Gasteiger partial charge on any atom is -0.494 e. The molecule has 0 radical (unpaired) electrons. The van der Waals surface area contributed by atoms with Crippen LogP contribution in [0.4, 0.5) is 0 Å². The molecule has 1 saturated heterocycles. The number of aromatic nitrogens is 1. The van der Waals surface area contributed by atoms with E-state index in [-0.39, 0.29) is 4.87 Å². The summed E-state index contributed by atoms with van der Waals surface area (Å²) in [6, 6.07) is 7.94. The first-order chi connectivity index (χ1) is 11.7. The van der Waals surface area contributed by atoms with Crippen LogP contribution in [0.1, 0.15) is 18.7 Å². The van der Waals surface area contributed by atoms with Crippen molar-refractivity contribution in [2.24, 2.45) is 0 Å². The highest BCUT2D eigenvalue weighted by Gasteiger charge is 2.19. The predicted molar refractivity (Wildman–Crippen MR) is 98.9 cm³/mol. The van der Waals surface area contributed by atoms with Crippen molar-refractivity contribution in [3.8, 4) is 17.0 Å². The molecular weight excluding hydrogens is 322 g/mol. The molecule has 2 aromatic rings. The van der Waals surface area contributed by atoms with Crippen LogP contribution in [0.15, 0.2) is 29.1 Å². The van der Waals surface area contributed by atoms with Gasteiger partial charge in [-0.15, -0.1) is 0 Å². The smallest absolute Gasteiger partial charge is 0.305 e. The fraction of sp³-hybridized carbons (Fsp3) is 0.500. The van der Waals surface area contributed by atoms with Crippen LogP contribution >= 0.6 is 11.3 Å². The molecule has 6 heteroatoms. The van der Waals surface area contributed by atoms with Crippen LogP contribution in [0.3, 0.4) is 0 Å². The van der Waals surface area contributed by atoms with Gasteiger partial charge in [0.25, 0.3) is 0 Å². The third-order valence-electron chi connectivity index (χ3n) is 4.46. The topological polar surface area (TPSA) is 48.6 Å². The quantitative estimate of drug-likeness (QED) is 0.873. The second kappa shape index (κ2) is 7.96. The molecule has 24 heavy (non-hydrogen) atoms. The number of nitrogens with one attached hydrogen (secondary N) is 1. The second-order valence-electron chi connectivity index (χ2n) is 5.98. The van der Waals surface area contributed by atoms with Gasteiger partial charge in [-0.2, -0.15) is 0 Å². The van der Waals surface area contributed by atoms with Gasteiger partial charge in [0.05, 0.1) is 12.3 Å². The average molecular weight is 347 g/mol. The molecule has 0 saturated carbocycles. The van der Waals surface area contributed by atoms with Crippen LogP contribution in [0, 0.1) is 0 Å². The Balaban J connectivity index is 1.74. The van der Waals surface area contributed by atoms with Crippen molar-refractivity contribution >= 4 is 11.3 Å². The van der Waals surface area contributed by atoms with Crippen molar-refractivity contribution in [1.82, 2.24) is 14.8 Å². The van der Waals surface area contributed by atoms with Gasteiger partial charge in [0.2, 0.25) is 0 Å². The van der Waals surface area contributed by atoms with Gasteiger partial charge in [-0.1, -0.05) is 18.3 Å². The third-order valence-corrected chi connectivity index (χ3v) is 5.32. The van der Waals surface area contributed by atoms with Crippen molar-refractivity contribution in [3.05, 3.63) is 38.8 Å². The van der Waals surface area contributed by atoms with E-state index in [1.807, 2.05) is 31.2 Å². The second-order valence-corrected chi connectivity index (χ2v) is 7.05. The molecule has 2 heterocycles. The molecule has 0 unspecified atom stereocenters. The number of piperazine rings is 1. The van der Waals surface area contributed by atoms with E-state index >= 15 is 0 Å². The lowest BCUT2D eigenvalue weighted by atomic mass is 10.1. The van der Waals surface area contributed by atoms with Crippen LogP contribution in [-0.2, 0) is 6.54 Å². The maximum atomic E-state index is 11.9. The molecule has 1 aromatic heterocycles. The number of likely N-dealkylation sites (N-methyl/N-ethyl adjacent to an activating group) is 1. The zero-order valence-electron chi connectivity index (χ0n) is 14.4. The molecule has 0 aliphatic carbocycles. The molecule has 1 aliphatic rings. The van der Waals surface area contributed by atoms with Gasteiger partial charge in [-0.05, 0) is 43.3 Å². The van der Waals surface area contributed by atoms with Gasteiger partial charge in [0, 0.05) is 37.6 Å². The molecular formula is C18H25N3O2S. The number of H-pyrrole nitrogens is 1. The zero-order chi connectivity index (χ0) is 16.9. The Labute approximate surface area is 146 Å². The SMILES string of the molecule is CCOc1ccc(-c2[nH]c(=O)sc2CN2CCN(CC)CC2)cc1. The summed E-state index contributed by atoms with van der Waals surface area (Å²) in [5.74, 6) is 0.857. The van der Waals surface area contributed by atoms with E-state index in [0.717, 1.165) is 61.2 Å². The fourth-order valence-corrected chi connectivity index (χ4v) is 3.95. The first kappa shape index (κ1) is 17.2. The Morgan fingerprint density at radius 1 is 1.08 bits per heavy atom. The van der Waals surface area contributed by atoms with Crippen molar-refractivity contribution in [2.75, 3.05) is 39.3 Å². The Morgan fingerprint density at radius 3 is 2.38 bits per heavy atom. The normalized spacial score (nSPS) is 16.4. The Morgan fingerprint density at radius 2 is 1.75 bits per heavy atom. The van der Waals surface area contributed by atoms with E-state index < -0.39 is 0 Å². The minimum absolute atomic E-state index is 0.0149. The predicted octanol–water partition coefficient (Wildman–Crippen LogP) is 2.64. The summed E-state index contributed by atoms with van der Waals surface area (Å²) < 4.78 is 5.49. The highest BCUT2D eigenvalue weighted by Crippen LogP contribution is 2.26. The molecule has 1 aliphatic heterocycles. The molecule has 0 spiro atoms. The summed E-state index contributed by atoms with van der Waals surface area (Å²) in [5.41, 5.74) is 1.99. The lowest BCUT2D eigenvalue weighted by molar-refractivity contribution is 0.133. The number of thiazole rings is 1. The maximum absolute atomic E-state index is 11.9. The molecule has 0 bridgehead atoms. The first-order valence-electron chi connectivity index (χ1n) is 8.59. The maximum Gasteiger partial charge on any atom is 0.305 e. The number of hydrogen-bond donors (Lipinski definition) is 1. The Bertz CT molecular complexity index is 700. The number of benzene rings is 1. The van der Waals surface area contributed by atoms with Gasteiger partial charge in [0.15, 0.2) is 0 Å². The van der Waals surface area contributed by atoms with Gasteiger partial charge >= 0.3 is 4.87 Å². The molecule has 0 amide bonds. The molecule has 1 aromatic carbocycles. The van der Waals surface area contributed by atoms with Gasteiger partial charge in [0.1, 0.15) is 5.75 Å². The number of rotatable bonds is 6. The van der Waals surface area contributed by atoms with Crippen LogP contribution in [0.5, 0.6) is 5.75 Å². The highest BCUT2D eigenvalue weighted by molar-refractivity contribution is 7.09. The average Bonchev–Trinajstić information content (AvgIpc) is 2.97. The van der Waals surface area contributed by atoms with E-state index in [0.29, 0.717) is 6.61 Å². The standard InChI is InChI=1S/C18H25N3O2S/c1-3-20-9-11-21(12-10-20)13-16-17(19-18(22)24-16)14-5-7-15(8-6-14)23-4-2/h5-8H,3-4,9-13H2,1-2H3,(H,19,22).